The van der Waals surface area contributed by atoms with Crippen LogP contribution >= 0.6 is 0 Å². The Morgan fingerprint density at radius 3 is 1.88 bits per heavy atom. The number of hydrogen-bond donors (Lipinski definition) is 0. The number of hydrogen-bond acceptors (Lipinski definition) is 5. The van der Waals surface area contributed by atoms with Crippen molar-refractivity contribution in [2.75, 3.05) is 6.61 Å². The van der Waals surface area contributed by atoms with E-state index in [0.29, 0.717) is 23.5 Å². The van der Waals surface area contributed by atoms with Crippen molar-refractivity contribution in [3.8, 4) is 22.6 Å². The van der Waals surface area contributed by atoms with Gasteiger partial charge in [0.25, 0.3) is 0 Å². The molecule has 0 aliphatic heterocycles. The van der Waals surface area contributed by atoms with Crippen molar-refractivity contribution in [3.05, 3.63) is 83.4 Å². The van der Waals surface area contributed by atoms with Gasteiger partial charge in [0, 0.05) is 0 Å². The van der Waals surface area contributed by atoms with Gasteiger partial charge >= 0.3 is 11.9 Å². The van der Waals surface area contributed by atoms with Crippen LogP contribution < -0.4 is 9.47 Å². The molecular formula is C37H48O5. The molecule has 0 spiro atoms. The molecule has 0 heterocycles. The van der Waals surface area contributed by atoms with E-state index in [2.05, 4.69) is 20.8 Å². The Bertz CT molecular complexity index is 1230. The Hall–Kier alpha value is -3.60. The lowest BCUT2D eigenvalue weighted by atomic mass is 10.0. The molecule has 0 fully saturated rings. The fourth-order valence-corrected chi connectivity index (χ4v) is 4.85. The Morgan fingerprint density at radius 2 is 1.24 bits per heavy atom. The third kappa shape index (κ3) is 11.0. The summed E-state index contributed by atoms with van der Waals surface area (Å²) in [5.41, 5.74) is 3.87. The average molecular weight is 573 g/mol. The van der Waals surface area contributed by atoms with Crippen molar-refractivity contribution < 1.29 is 23.8 Å². The van der Waals surface area contributed by atoms with E-state index in [1.54, 1.807) is 30.3 Å². The summed E-state index contributed by atoms with van der Waals surface area (Å²) in [5, 5.41) is 0. The van der Waals surface area contributed by atoms with Crippen molar-refractivity contribution >= 4 is 11.9 Å². The van der Waals surface area contributed by atoms with Crippen LogP contribution in [0.4, 0.5) is 0 Å². The summed E-state index contributed by atoms with van der Waals surface area (Å²) >= 11 is 0. The van der Waals surface area contributed by atoms with Gasteiger partial charge in [0.15, 0.2) is 0 Å². The second-order valence-corrected chi connectivity index (χ2v) is 11.2. The Labute approximate surface area is 252 Å². The van der Waals surface area contributed by atoms with E-state index in [0.717, 1.165) is 48.1 Å². The molecule has 3 aromatic carbocycles. The molecule has 226 valence electrons. The molecule has 42 heavy (non-hydrogen) atoms. The molecule has 0 aliphatic rings. The highest BCUT2D eigenvalue weighted by molar-refractivity contribution is 5.92. The van der Waals surface area contributed by atoms with E-state index >= 15 is 0 Å². The van der Waals surface area contributed by atoms with Gasteiger partial charge in [0.2, 0.25) is 0 Å². The molecule has 5 heteroatoms. The first-order chi connectivity index (χ1) is 20.4. The minimum absolute atomic E-state index is 0.136. The van der Waals surface area contributed by atoms with Gasteiger partial charge in [-0.3, -0.25) is 0 Å². The zero-order valence-electron chi connectivity index (χ0n) is 26.0. The SMILES string of the molecule is CCCCCCCCOC(=O)c1ccc(-c2ccc(OC(=O)c3ccc(OC(C)CCCCCC)c(C)c3)cc2)cc1. The van der Waals surface area contributed by atoms with Gasteiger partial charge in [-0.15, -0.1) is 0 Å². The number of carbonyl (C=O) groups excluding carboxylic acids is 2. The average Bonchev–Trinajstić information content (AvgIpc) is 3.00. The molecule has 0 aromatic heterocycles. The highest BCUT2D eigenvalue weighted by Crippen LogP contribution is 2.25. The molecule has 0 N–H and O–H groups in total. The van der Waals surface area contributed by atoms with Crippen LogP contribution in [0, 0.1) is 6.92 Å². The molecule has 0 radical (unpaired) electrons. The standard InChI is InChI=1S/C37H48O5/c1-5-7-9-11-12-14-26-40-36(38)32-18-16-30(17-19-32)31-20-23-34(24-21-31)42-37(39)33-22-25-35(28(3)27-33)41-29(4)15-13-10-8-6-2/h16-25,27,29H,5-15,26H2,1-4H3. The molecule has 3 aromatic rings. The van der Waals surface area contributed by atoms with Crippen molar-refractivity contribution in [1.29, 1.82) is 0 Å². The van der Waals surface area contributed by atoms with Gasteiger partial charge in [-0.1, -0.05) is 89.5 Å². The summed E-state index contributed by atoms with van der Waals surface area (Å²) < 4.78 is 17.2. The molecule has 1 atom stereocenters. The van der Waals surface area contributed by atoms with Crippen LogP contribution in [0.3, 0.4) is 0 Å². The number of benzene rings is 3. The quantitative estimate of drug-likeness (QED) is 0.0862. The minimum atomic E-state index is -0.408. The highest BCUT2D eigenvalue weighted by Gasteiger charge is 2.13. The fourth-order valence-electron chi connectivity index (χ4n) is 4.85. The minimum Gasteiger partial charge on any atom is -0.490 e. The lowest BCUT2D eigenvalue weighted by Gasteiger charge is -2.17. The van der Waals surface area contributed by atoms with Crippen LogP contribution in [0.1, 0.15) is 118 Å². The van der Waals surface area contributed by atoms with E-state index in [4.69, 9.17) is 14.2 Å². The molecule has 1 unspecified atom stereocenters. The zero-order chi connectivity index (χ0) is 30.2. The number of unbranched alkanes of at least 4 members (excludes halogenated alkanes) is 8. The number of esters is 2. The predicted molar refractivity (Wildman–Crippen MR) is 171 cm³/mol. The maximum absolute atomic E-state index is 12.8. The Kier molecular flexibility index (Phi) is 14.1. The van der Waals surface area contributed by atoms with E-state index in [1.165, 1.54) is 44.9 Å². The first-order valence-corrected chi connectivity index (χ1v) is 15.8. The van der Waals surface area contributed by atoms with Crippen LogP contribution in [-0.4, -0.2) is 24.6 Å². The number of carbonyl (C=O) groups is 2. The molecule has 0 saturated carbocycles. The molecular weight excluding hydrogens is 524 g/mol. The topological polar surface area (TPSA) is 61.8 Å². The van der Waals surface area contributed by atoms with Gasteiger partial charge in [-0.2, -0.15) is 0 Å². The van der Waals surface area contributed by atoms with E-state index in [-0.39, 0.29) is 12.1 Å². The highest BCUT2D eigenvalue weighted by atomic mass is 16.5. The summed E-state index contributed by atoms with van der Waals surface area (Å²) in [4.78, 5) is 25.2. The third-order valence-electron chi connectivity index (χ3n) is 7.45. The Balaban J connectivity index is 1.48. The summed E-state index contributed by atoms with van der Waals surface area (Å²) in [5.74, 6) is 0.575. The monoisotopic (exact) mass is 572 g/mol. The lowest BCUT2D eigenvalue weighted by Crippen LogP contribution is -2.13. The van der Waals surface area contributed by atoms with E-state index < -0.39 is 5.97 Å². The van der Waals surface area contributed by atoms with Crippen LogP contribution in [-0.2, 0) is 4.74 Å². The van der Waals surface area contributed by atoms with E-state index in [1.807, 2.05) is 43.3 Å². The first kappa shape index (κ1) is 32.9. The van der Waals surface area contributed by atoms with Crippen molar-refractivity contribution in [3.63, 3.8) is 0 Å². The number of aryl methyl sites for hydroxylation is 1. The summed E-state index contributed by atoms with van der Waals surface area (Å²) in [7, 11) is 0. The second-order valence-electron chi connectivity index (χ2n) is 11.2. The normalized spacial score (nSPS) is 11.6. The lowest BCUT2D eigenvalue weighted by molar-refractivity contribution is 0.0497. The van der Waals surface area contributed by atoms with E-state index in [9.17, 15) is 9.59 Å². The molecule has 0 aliphatic carbocycles. The van der Waals surface area contributed by atoms with Crippen molar-refractivity contribution in [2.24, 2.45) is 0 Å². The fraction of sp³-hybridized carbons (Fsp3) is 0.459. The molecule has 3 rings (SSSR count). The second kappa shape index (κ2) is 18.0. The van der Waals surface area contributed by atoms with Gasteiger partial charge < -0.3 is 14.2 Å². The summed E-state index contributed by atoms with van der Waals surface area (Å²) in [6.07, 6.45) is 13.0. The largest absolute Gasteiger partial charge is 0.490 e. The van der Waals surface area contributed by atoms with Crippen molar-refractivity contribution in [2.45, 2.75) is 104 Å². The van der Waals surface area contributed by atoms with Crippen LogP contribution in [0.25, 0.3) is 11.1 Å². The molecule has 0 bridgehead atoms. The summed E-state index contributed by atoms with van der Waals surface area (Å²) in [6.45, 7) is 8.92. The molecule has 5 nitrogen and oxygen atoms in total. The van der Waals surface area contributed by atoms with Crippen LogP contribution in [0.2, 0.25) is 0 Å². The maximum Gasteiger partial charge on any atom is 0.343 e. The number of rotatable bonds is 18. The van der Waals surface area contributed by atoms with Gasteiger partial charge in [0.1, 0.15) is 11.5 Å². The summed E-state index contributed by atoms with van der Waals surface area (Å²) in [6, 6.07) is 20.2. The van der Waals surface area contributed by atoms with Gasteiger partial charge in [0.05, 0.1) is 23.8 Å². The van der Waals surface area contributed by atoms with Crippen molar-refractivity contribution in [1.82, 2.24) is 0 Å². The third-order valence-corrected chi connectivity index (χ3v) is 7.45. The smallest absolute Gasteiger partial charge is 0.343 e. The predicted octanol–water partition coefficient (Wildman–Crippen LogP) is 10.1. The molecule has 0 saturated heterocycles. The molecule has 0 amide bonds. The first-order valence-electron chi connectivity index (χ1n) is 15.8. The van der Waals surface area contributed by atoms with Gasteiger partial charge in [-0.05, 0) is 92.3 Å². The van der Waals surface area contributed by atoms with Crippen LogP contribution in [0.15, 0.2) is 66.7 Å². The number of ether oxygens (including phenoxy) is 3. The zero-order valence-corrected chi connectivity index (χ0v) is 26.0. The van der Waals surface area contributed by atoms with Gasteiger partial charge in [-0.25, -0.2) is 9.59 Å². The van der Waals surface area contributed by atoms with Crippen LogP contribution in [0.5, 0.6) is 11.5 Å². The Morgan fingerprint density at radius 1 is 0.667 bits per heavy atom. The maximum atomic E-state index is 12.8.